The molecule has 6 nitrogen and oxygen atoms in total. The number of hydrogen-bond donors (Lipinski definition) is 0. The van der Waals surface area contributed by atoms with E-state index in [0.717, 1.165) is 5.69 Å². The predicted octanol–water partition coefficient (Wildman–Crippen LogP) is 2.31. The van der Waals surface area contributed by atoms with Crippen LogP contribution in [0, 0.1) is 0 Å². The van der Waals surface area contributed by atoms with Gasteiger partial charge in [-0.2, -0.15) is 0 Å². The Bertz CT molecular complexity index is 555. The zero-order valence-electron chi connectivity index (χ0n) is 12.9. The molecule has 1 saturated heterocycles. The van der Waals surface area contributed by atoms with Crippen molar-refractivity contribution in [2.45, 2.75) is 32.0 Å². The molecule has 1 aliphatic rings. The average molecular weight is 307 g/mol. The summed E-state index contributed by atoms with van der Waals surface area (Å²) < 4.78 is 17.0. The second-order valence-electron chi connectivity index (χ2n) is 5.24. The molecule has 1 aromatic heterocycles. The maximum Gasteiger partial charge on any atom is 0.417 e. The first kappa shape index (κ1) is 16.5. The maximum absolute atomic E-state index is 11.8. The van der Waals surface area contributed by atoms with Gasteiger partial charge >= 0.3 is 6.09 Å². The third kappa shape index (κ3) is 4.29. The molecule has 0 bridgehead atoms. The Morgan fingerprint density at radius 3 is 2.82 bits per heavy atom. The van der Waals surface area contributed by atoms with Crippen LogP contribution in [-0.2, 0) is 25.4 Å². The van der Waals surface area contributed by atoms with E-state index < -0.39 is 11.9 Å². The van der Waals surface area contributed by atoms with Crippen molar-refractivity contribution in [1.29, 1.82) is 0 Å². The highest BCUT2D eigenvalue weighted by atomic mass is 16.7. The quantitative estimate of drug-likeness (QED) is 0.755. The van der Waals surface area contributed by atoms with E-state index in [2.05, 4.69) is 4.74 Å². The van der Waals surface area contributed by atoms with Crippen LogP contribution in [0.3, 0.4) is 0 Å². The molecule has 0 spiro atoms. The minimum Gasteiger partial charge on any atom is -0.452 e. The Hall–Kier alpha value is -1.92. The third-order valence-corrected chi connectivity index (χ3v) is 3.56. The monoisotopic (exact) mass is 307 g/mol. The lowest BCUT2D eigenvalue weighted by molar-refractivity contribution is -0.150. The van der Waals surface area contributed by atoms with Crippen molar-refractivity contribution in [1.82, 2.24) is 4.57 Å². The van der Waals surface area contributed by atoms with E-state index in [0.29, 0.717) is 32.5 Å². The molecule has 0 radical (unpaired) electrons. The van der Waals surface area contributed by atoms with Crippen molar-refractivity contribution < 1.29 is 23.8 Å². The van der Waals surface area contributed by atoms with Gasteiger partial charge in [-0.25, -0.2) is 4.79 Å². The number of hydrogen-bond acceptors (Lipinski definition) is 5. The number of nitrogens with zero attached hydrogens (tertiary/aromatic N) is 1. The normalized spacial score (nSPS) is 17.0. The van der Waals surface area contributed by atoms with Gasteiger partial charge in [-0.05, 0) is 25.1 Å². The standard InChI is InChI=1S/C16H21NO5/c1-16(21-11-12-22-16)9-8-14(18)7-3-5-13-6-4-10-17(13)15(19)20-2/h3-4,6-7,10H,5,8-9,11-12H2,1-2H3/b7-3-. The minimum atomic E-state index is -0.636. The number of methoxy groups -OCH3 is 1. The molecule has 1 aromatic rings. The lowest BCUT2D eigenvalue weighted by Gasteiger charge is -2.21. The van der Waals surface area contributed by atoms with Gasteiger partial charge in [-0.3, -0.25) is 9.36 Å². The van der Waals surface area contributed by atoms with Crippen molar-refractivity contribution in [3.05, 3.63) is 36.2 Å². The maximum atomic E-state index is 11.8. The Kier molecular flexibility index (Phi) is 5.51. The van der Waals surface area contributed by atoms with Gasteiger partial charge < -0.3 is 14.2 Å². The second-order valence-corrected chi connectivity index (χ2v) is 5.24. The molecule has 0 aliphatic carbocycles. The van der Waals surface area contributed by atoms with Crippen molar-refractivity contribution in [3.8, 4) is 0 Å². The summed E-state index contributed by atoms with van der Waals surface area (Å²) in [5, 5.41) is 0. The van der Waals surface area contributed by atoms with Crippen molar-refractivity contribution in [3.63, 3.8) is 0 Å². The van der Waals surface area contributed by atoms with Gasteiger partial charge in [0, 0.05) is 31.2 Å². The van der Waals surface area contributed by atoms with Gasteiger partial charge in [0.1, 0.15) is 0 Å². The Morgan fingerprint density at radius 2 is 2.14 bits per heavy atom. The first-order valence-electron chi connectivity index (χ1n) is 7.26. The largest absolute Gasteiger partial charge is 0.452 e. The lowest BCUT2D eigenvalue weighted by Crippen LogP contribution is -2.26. The number of ketones is 1. The van der Waals surface area contributed by atoms with Crippen molar-refractivity contribution in [2.24, 2.45) is 0 Å². The Balaban J connectivity index is 1.81. The van der Waals surface area contributed by atoms with Crippen LogP contribution in [0.5, 0.6) is 0 Å². The first-order chi connectivity index (χ1) is 10.5. The molecule has 0 unspecified atom stereocenters. The molecule has 0 amide bonds. The average Bonchev–Trinajstić information content (AvgIpc) is 3.14. The van der Waals surface area contributed by atoms with Crippen LogP contribution in [-0.4, -0.2) is 42.6 Å². The molecule has 2 heterocycles. The molecule has 1 fully saturated rings. The van der Waals surface area contributed by atoms with Gasteiger partial charge in [0.25, 0.3) is 0 Å². The molecular formula is C16H21NO5. The van der Waals surface area contributed by atoms with Crippen LogP contribution in [0.25, 0.3) is 0 Å². The summed E-state index contributed by atoms with van der Waals surface area (Å²) >= 11 is 0. The molecule has 22 heavy (non-hydrogen) atoms. The van der Waals surface area contributed by atoms with E-state index >= 15 is 0 Å². The molecule has 0 saturated carbocycles. The van der Waals surface area contributed by atoms with Crippen LogP contribution >= 0.6 is 0 Å². The van der Waals surface area contributed by atoms with Gasteiger partial charge in [-0.15, -0.1) is 0 Å². The third-order valence-electron chi connectivity index (χ3n) is 3.56. The van der Waals surface area contributed by atoms with Crippen LogP contribution < -0.4 is 0 Å². The summed E-state index contributed by atoms with van der Waals surface area (Å²) in [6.07, 6.45) is 5.86. The van der Waals surface area contributed by atoms with Crippen molar-refractivity contribution in [2.75, 3.05) is 20.3 Å². The number of carbonyl (C=O) groups excluding carboxylic acids is 2. The van der Waals surface area contributed by atoms with Gasteiger partial charge in [-0.1, -0.05) is 6.08 Å². The lowest BCUT2D eigenvalue weighted by atomic mass is 10.1. The van der Waals surface area contributed by atoms with Crippen LogP contribution in [0.1, 0.15) is 25.5 Å². The van der Waals surface area contributed by atoms with Gasteiger partial charge in [0.2, 0.25) is 0 Å². The van der Waals surface area contributed by atoms with Gasteiger partial charge in [0.15, 0.2) is 11.6 Å². The van der Waals surface area contributed by atoms with Crippen LogP contribution in [0.2, 0.25) is 0 Å². The Morgan fingerprint density at radius 1 is 1.41 bits per heavy atom. The zero-order valence-corrected chi connectivity index (χ0v) is 12.9. The highest BCUT2D eigenvalue weighted by molar-refractivity contribution is 5.89. The van der Waals surface area contributed by atoms with E-state index in [4.69, 9.17) is 9.47 Å². The van der Waals surface area contributed by atoms with Crippen LogP contribution in [0.4, 0.5) is 4.79 Å². The summed E-state index contributed by atoms with van der Waals surface area (Å²) in [6.45, 7) is 3.00. The molecule has 0 aromatic carbocycles. The SMILES string of the molecule is COC(=O)n1cccc1C/C=C\C(=O)CCC1(C)OCCO1. The van der Waals surface area contributed by atoms with E-state index in [1.807, 2.05) is 13.0 Å². The topological polar surface area (TPSA) is 66.8 Å². The first-order valence-corrected chi connectivity index (χ1v) is 7.26. The van der Waals surface area contributed by atoms with Gasteiger partial charge in [0.05, 0.1) is 20.3 Å². The Labute approximate surface area is 129 Å². The highest BCUT2D eigenvalue weighted by Gasteiger charge is 2.30. The van der Waals surface area contributed by atoms with E-state index in [9.17, 15) is 9.59 Å². The fraction of sp³-hybridized carbons (Fsp3) is 0.500. The molecular weight excluding hydrogens is 286 g/mol. The molecule has 120 valence electrons. The summed E-state index contributed by atoms with van der Waals surface area (Å²) in [7, 11) is 1.33. The molecule has 0 atom stereocenters. The van der Waals surface area contributed by atoms with E-state index in [1.165, 1.54) is 17.8 Å². The highest BCUT2D eigenvalue weighted by Crippen LogP contribution is 2.24. The molecule has 2 rings (SSSR count). The number of rotatable bonds is 6. The number of ether oxygens (including phenoxy) is 3. The fourth-order valence-corrected chi connectivity index (χ4v) is 2.30. The summed E-state index contributed by atoms with van der Waals surface area (Å²) in [5.74, 6) is -0.625. The van der Waals surface area contributed by atoms with E-state index in [1.54, 1.807) is 18.3 Å². The predicted molar refractivity (Wildman–Crippen MR) is 79.6 cm³/mol. The smallest absolute Gasteiger partial charge is 0.417 e. The minimum absolute atomic E-state index is 0.0106. The summed E-state index contributed by atoms with van der Waals surface area (Å²) in [6, 6.07) is 3.57. The zero-order chi connectivity index (χ0) is 16.0. The number of allylic oxidation sites excluding steroid dienone is 2. The summed E-state index contributed by atoms with van der Waals surface area (Å²) in [5.41, 5.74) is 0.769. The fourth-order valence-electron chi connectivity index (χ4n) is 2.30. The van der Waals surface area contributed by atoms with Crippen molar-refractivity contribution >= 4 is 11.9 Å². The molecule has 0 N–H and O–H groups in total. The number of aromatic nitrogens is 1. The van der Waals surface area contributed by atoms with Crippen LogP contribution in [0.15, 0.2) is 30.5 Å². The summed E-state index contributed by atoms with van der Waals surface area (Å²) in [4.78, 5) is 23.3. The molecule has 6 heteroatoms. The van der Waals surface area contributed by atoms with E-state index in [-0.39, 0.29) is 5.78 Å². The second kappa shape index (κ2) is 7.38. The number of carbonyl (C=O) groups is 2. The molecule has 1 aliphatic heterocycles.